The molecule has 4 rings (SSSR count). The van der Waals surface area contributed by atoms with Crippen LogP contribution < -0.4 is 14.3 Å². The number of aromatic nitrogens is 2. The molecule has 3 aromatic carbocycles. The van der Waals surface area contributed by atoms with E-state index in [4.69, 9.17) is 0 Å². The van der Waals surface area contributed by atoms with E-state index >= 15 is 0 Å². The monoisotopic (exact) mass is 565 g/mol. The number of sulfonamides is 2. The van der Waals surface area contributed by atoms with Crippen LogP contribution in [0.1, 0.15) is 27.3 Å². The van der Waals surface area contributed by atoms with E-state index in [0.717, 1.165) is 6.26 Å². The Labute approximate surface area is 227 Å². The highest BCUT2D eigenvalue weighted by Crippen LogP contribution is 2.21. The highest BCUT2D eigenvalue weighted by atomic mass is 32.2. The Morgan fingerprint density at radius 2 is 1.41 bits per heavy atom. The van der Waals surface area contributed by atoms with Crippen LogP contribution in [0.15, 0.2) is 89.8 Å². The molecule has 0 radical (unpaired) electrons. The minimum absolute atomic E-state index is 0.0125. The smallest absolute Gasteiger partial charge is 0.264 e. The predicted molar refractivity (Wildman–Crippen MR) is 151 cm³/mol. The topological polar surface area (TPSA) is 138 Å². The molecule has 0 bridgehead atoms. The molecule has 0 aliphatic heterocycles. The van der Waals surface area contributed by atoms with Gasteiger partial charge >= 0.3 is 0 Å². The van der Waals surface area contributed by atoms with Crippen molar-refractivity contribution in [3.05, 3.63) is 107 Å². The molecule has 12 heteroatoms. The average molecular weight is 566 g/mol. The lowest BCUT2D eigenvalue weighted by Crippen LogP contribution is -2.29. The lowest BCUT2D eigenvalue weighted by Gasteiger charge is -2.22. The second-order valence-electron chi connectivity index (χ2n) is 8.86. The van der Waals surface area contributed by atoms with Crippen LogP contribution in [0.25, 0.3) is 0 Å². The van der Waals surface area contributed by atoms with Gasteiger partial charge < -0.3 is 5.32 Å². The molecule has 0 saturated carbocycles. The molecule has 0 spiro atoms. The summed E-state index contributed by atoms with van der Waals surface area (Å²) < 4.78 is 53.8. The summed E-state index contributed by atoms with van der Waals surface area (Å²) in [6, 6.07) is 22.8. The first-order valence-corrected chi connectivity index (χ1v) is 15.1. The van der Waals surface area contributed by atoms with Gasteiger partial charge in [0, 0.05) is 22.6 Å². The molecule has 39 heavy (non-hydrogen) atoms. The maximum absolute atomic E-state index is 12.8. The first-order chi connectivity index (χ1) is 18.4. The number of amides is 1. The molecule has 4 aromatic rings. The third kappa shape index (κ3) is 7.18. The van der Waals surface area contributed by atoms with Gasteiger partial charge in [-0.15, -0.1) is 0 Å². The summed E-state index contributed by atoms with van der Waals surface area (Å²) in [4.78, 5) is 20.9. The second kappa shape index (κ2) is 11.2. The van der Waals surface area contributed by atoms with Crippen molar-refractivity contribution in [3.8, 4) is 0 Å². The fraction of sp³-hybridized carbons (Fsp3) is 0.148. The van der Waals surface area contributed by atoms with Gasteiger partial charge in [0.2, 0.25) is 16.0 Å². The number of nitrogens with zero attached hydrogens (tertiary/aromatic N) is 3. The van der Waals surface area contributed by atoms with E-state index in [0.29, 0.717) is 33.9 Å². The first kappa shape index (κ1) is 27.7. The molecule has 1 aromatic heterocycles. The van der Waals surface area contributed by atoms with Gasteiger partial charge in [0.1, 0.15) is 0 Å². The quantitative estimate of drug-likeness (QED) is 0.311. The summed E-state index contributed by atoms with van der Waals surface area (Å²) in [7, 11) is -7.44. The van der Waals surface area contributed by atoms with E-state index in [1.165, 1.54) is 28.6 Å². The van der Waals surface area contributed by atoms with E-state index in [2.05, 4.69) is 20.0 Å². The minimum Gasteiger partial charge on any atom is -0.322 e. The highest BCUT2D eigenvalue weighted by molar-refractivity contribution is 7.92. The molecule has 0 atom stereocenters. The van der Waals surface area contributed by atoms with Crippen LogP contribution in [0.5, 0.6) is 0 Å². The number of hydrogen-bond acceptors (Lipinski definition) is 7. The van der Waals surface area contributed by atoms with Gasteiger partial charge in [-0.1, -0.05) is 30.3 Å². The van der Waals surface area contributed by atoms with Crippen LogP contribution in [0.3, 0.4) is 0 Å². The average Bonchev–Trinajstić information content (AvgIpc) is 2.87. The number of aryl methyl sites for hydroxylation is 2. The predicted octanol–water partition coefficient (Wildman–Crippen LogP) is 4.11. The Kier molecular flexibility index (Phi) is 7.98. The molecule has 202 valence electrons. The number of nitrogens with one attached hydrogen (secondary N) is 2. The van der Waals surface area contributed by atoms with Crippen molar-refractivity contribution in [1.29, 1.82) is 0 Å². The van der Waals surface area contributed by atoms with Crippen LogP contribution in [-0.4, -0.2) is 39.0 Å². The van der Waals surface area contributed by atoms with Gasteiger partial charge in [-0.2, -0.15) is 0 Å². The Morgan fingerprint density at radius 1 is 0.821 bits per heavy atom. The Bertz CT molecular complexity index is 1670. The lowest BCUT2D eigenvalue weighted by molar-refractivity contribution is 0.102. The second-order valence-corrected chi connectivity index (χ2v) is 12.4. The first-order valence-electron chi connectivity index (χ1n) is 11.8. The van der Waals surface area contributed by atoms with Gasteiger partial charge in [0.25, 0.3) is 15.9 Å². The van der Waals surface area contributed by atoms with Crippen molar-refractivity contribution in [2.75, 3.05) is 20.6 Å². The van der Waals surface area contributed by atoms with Crippen LogP contribution in [0.2, 0.25) is 0 Å². The van der Waals surface area contributed by atoms with Crippen molar-refractivity contribution >= 4 is 43.3 Å². The van der Waals surface area contributed by atoms with Gasteiger partial charge in [-0.25, -0.2) is 31.5 Å². The lowest BCUT2D eigenvalue weighted by atomic mass is 10.1. The van der Waals surface area contributed by atoms with Gasteiger partial charge in [-0.3, -0.25) is 9.10 Å². The molecule has 0 aliphatic carbocycles. The molecule has 2 N–H and O–H groups in total. The van der Waals surface area contributed by atoms with Crippen LogP contribution >= 0.6 is 0 Å². The summed E-state index contributed by atoms with van der Waals surface area (Å²) in [5, 5.41) is 2.73. The number of anilines is 3. The van der Waals surface area contributed by atoms with Crippen molar-refractivity contribution < 1.29 is 21.6 Å². The minimum atomic E-state index is -3.92. The standard InChI is InChI=1S/C27H27N5O5S2/c1-19-17-20(2)29-27(28-19)31-39(36,37)25-15-13-23(14-16-25)30-26(33)22-11-9-21(10-12-22)18-32(38(3,34)35)24-7-5-4-6-8-24/h4-17H,18H2,1-3H3,(H,30,33)(H,28,29,31). The zero-order valence-corrected chi connectivity index (χ0v) is 23.1. The molecule has 1 heterocycles. The van der Waals surface area contributed by atoms with Gasteiger partial charge in [0.05, 0.1) is 23.4 Å². The van der Waals surface area contributed by atoms with Gasteiger partial charge in [-0.05, 0) is 74.0 Å². The zero-order chi connectivity index (χ0) is 28.2. The summed E-state index contributed by atoms with van der Waals surface area (Å²) in [6.45, 7) is 3.60. The molecule has 0 fully saturated rings. The fourth-order valence-corrected chi connectivity index (χ4v) is 5.63. The highest BCUT2D eigenvalue weighted by Gasteiger charge is 2.19. The van der Waals surface area contributed by atoms with Crippen molar-refractivity contribution in [3.63, 3.8) is 0 Å². The fourth-order valence-electron chi connectivity index (χ4n) is 3.79. The van der Waals surface area contributed by atoms with Crippen LogP contribution in [0, 0.1) is 13.8 Å². The number of benzene rings is 3. The molecule has 1 amide bonds. The summed E-state index contributed by atoms with van der Waals surface area (Å²) in [5.41, 5.74) is 3.28. The third-order valence-electron chi connectivity index (χ3n) is 5.62. The van der Waals surface area contributed by atoms with E-state index in [9.17, 15) is 21.6 Å². The number of rotatable bonds is 9. The molecular weight excluding hydrogens is 538 g/mol. The molecule has 10 nitrogen and oxygen atoms in total. The number of carbonyl (C=O) groups excluding carboxylic acids is 1. The largest absolute Gasteiger partial charge is 0.322 e. The molecular formula is C27H27N5O5S2. The van der Waals surface area contributed by atoms with Crippen molar-refractivity contribution in [2.45, 2.75) is 25.3 Å². The Hall–Kier alpha value is -4.29. The van der Waals surface area contributed by atoms with Crippen LogP contribution in [0.4, 0.5) is 17.3 Å². The number of para-hydroxylation sites is 1. The van der Waals surface area contributed by atoms with Gasteiger partial charge in [0.15, 0.2) is 0 Å². The maximum Gasteiger partial charge on any atom is 0.264 e. The maximum atomic E-state index is 12.8. The number of carbonyl (C=O) groups is 1. The van der Waals surface area contributed by atoms with Crippen molar-refractivity contribution in [1.82, 2.24) is 9.97 Å². The zero-order valence-electron chi connectivity index (χ0n) is 21.5. The third-order valence-corrected chi connectivity index (χ3v) is 8.10. The Balaban J connectivity index is 1.42. The molecule has 0 aliphatic rings. The van der Waals surface area contributed by atoms with E-state index in [1.54, 1.807) is 68.4 Å². The summed E-state index contributed by atoms with van der Waals surface area (Å²) in [5.74, 6) is -0.418. The molecule has 0 saturated heterocycles. The normalized spacial score (nSPS) is 11.6. The Morgan fingerprint density at radius 3 is 1.97 bits per heavy atom. The van der Waals surface area contributed by atoms with E-state index in [-0.39, 0.29) is 17.4 Å². The summed E-state index contributed by atoms with van der Waals surface area (Å²) >= 11 is 0. The summed E-state index contributed by atoms with van der Waals surface area (Å²) in [6.07, 6.45) is 1.14. The van der Waals surface area contributed by atoms with Crippen LogP contribution in [-0.2, 0) is 26.6 Å². The van der Waals surface area contributed by atoms with E-state index < -0.39 is 26.0 Å². The van der Waals surface area contributed by atoms with Crippen molar-refractivity contribution in [2.24, 2.45) is 0 Å². The SMILES string of the molecule is Cc1cc(C)nc(NS(=O)(=O)c2ccc(NC(=O)c3ccc(CN(c4ccccc4)S(C)(=O)=O)cc3)cc2)n1. The molecule has 0 unspecified atom stereocenters. The number of hydrogen-bond donors (Lipinski definition) is 2. The van der Waals surface area contributed by atoms with E-state index in [1.807, 2.05) is 6.07 Å².